The van der Waals surface area contributed by atoms with Crippen molar-refractivity contribution in [1.29, 1.82) is 0 Å². The van der Waals surface area contributed by atoms with Gasteiger partial charge in [0.1, 0.15) is 12.7 Å². The lowest BCUT2D eigenvalue weighted by Crippen LogP contribution is -2.32. The Hall–Kier alpha value is -1.92. The first kappa shape index (κ1) is 16.1. The molecule has 0 saturated heterocycles. The van der Waals surface area contributed by atoms with E-state index in [4.69, 9.17) is 0 Å². The third-order valence-corrected chi connectivity index (χ3v) is 2.88. The Morgan fingerprint density at radius 2 is 1.85 bits per heavy atom. The number of nitrogens with one attached hydrogen (secondary N) is 1. The molecule has 0 aliphatic heterocycles. The molecule has 0 saturated carbocycles. The van der Waals surface area contributed by atoms with E-state index < -0.39 is 0 Å². The van der Waals surface area contributed by atoms with Crippen LogP contribution in [0.3, 0.4) is 0 Å². The molecule has 1 heterocycles. The van der Waals surface area contributed by atoms with E-state index in [1.54, 1.807) is 29.2 Å². The summed E-state index contributed by atoms with van der Waals surface area (Å²) in [7, 11) is 3.67. The van der Waals surface area contributed by atoms with Crippen molar-refractivity contribution >= 4 is 18.3 Å². The van der Waals surface area contributed by atoms with Gasteiger partial charge in [-0.2, -0.15) is 0 Å². The van der Waals surface area contributed by atoms with Crippen LogP contribution < -0.4 is 5.32 Å². The second kappa shape index (κ2) is 7.62. The number of halogens is 1. The molecule has 6 nitrogen and oxygen atoms in total. The van der Waals surface area contributed by atoms with Crippen LogP contribution in [0.4, 0.5) is 0 Å². The summed E-state index contributed by atoms with van der Waals surface area (Å²) in [5.74, 6) is 0.0190. The van der Waals surface area contributed by atoms with Gasteiger partial charge in [-0.05, 0) is 31.3 Å². The molecule has 0 aliphatic rings. The maximum Gasteiger partial charge on any atom is 0.253 e. The molecule has 1 N–H and O–H groups in total. The van der Waals surface area contributed by atoms with Crippen molar-refractivity contribution < 1.29 is 4.79 Å². The van der Waals surface area contributed by atoms with Crippen molar-refractivity contribution in [2.45, 2.75) is 0 Å². The minimum absolute atomic E-state index is 0. The van der Waals surface area contributed by atoms with Crippen LogP contribution in [0.2, 0.25) is 0 Å². The minimum atomic E-state index is 0. The van der Waals surface area contributed by atoms with Crippen LogP contribution in [0.5, 0.6) is 0 Å². The second-order valence-electron chi connectivity index (χ2n) is 4.25. The molecule has 2 rings (SSSR count). The van der Waals surface area contributed by atoms with Gasteiger partial charge in [-0.25, -0.2) is 0 Å². The monoisotopic (exact) mass is 295 g/mol. The van der Waals surface area contributed by atoms with E-state index in [0.717, 1.165) is 12.2 Å². The normalized spacial score (nSPS) is 9.90. The fourth-order valence-corrected chi connectivity index (χ4v) is 1.71. The fraction of sp³-hybridized carbons (Fsp3) is 0.308. The van der Waals surface area contributed by atoms with Crippen molar-refractivity contribution in [2.75, 3.05) is 27.2 Å². The molecule has 0 radical (unpaired) electrons. The summed E-state index contributed by atoms with van der Waals surface area (Å²) in [4.78, 5) is 13.8. The molecule has 1 amide bonds. The van der Waals surface area contributed by atoms with E-state index in [1.807, 2.05) is 31.3 Å². The van der Waals surface area contributed by atoms with Crippen LogP contribution in [0.25, 0.3) is 5.69 Å². The fourth-order valence-electron chi connectivity index (χ4n) is 1.71. The number of nitrogens with zero attached hydrogens (tertiary/aromatic N) is 4. The van der Waals surface area contributed by atoms with Crippen LogP contribution in [0.1, 0.15) is 10.4 Å². The quantitative estimate of drug-likeness (QED) is 0.893. The zero-order chi connectivity index (χ0) is 13.7. The maximum atomic E-state index is 12.1. The van der Waals surface area contributed by atoms with Gasteiger partial charge in [0.15, 0.2) is 0 Å². The number of carbonyl (C=O) groups is 1. The molecule has 0 atom stereocenters. The molecule has 2 aromatic rings. The summed E-state index contributed by atoms with van der Waals surface area (Å²) in [5, 5.41) is 10.5. The molecule has 0 spiro atoms. The van der Waals surface area contributed by atoms with E-state index in [0.29, 0.717) is 12.1 Å². The highest BCUT2D eigenvalue weighted by Gasteiger charge is 2.10. The largest absolute Gasteiger partial charge is 0.340 e. The number of benzene rings is 1. The summed E-state index contributed by atoms with van der Waals surface area (Å²) >= 11 is 0. The third kappa shape index (κ3) is 3.79. The van der Waals surface area contributed by atoms with Gasteiger partial charge in [0, 0.05) is 31.4 Å². The standard InChI is InChI=1S/C13H17N5O.ClH/c1-14-7-8-17(2)13(19)11-3-5-12(6-4-11)18-9-15-16-10-18;/h3-6,9-10,14H,7-8H2,1-2H3;1H. The van der Waals surface area contributed by atoms with E-state index in [-0.39, 0.29) is 18.3 Å². The van der Waals surface area contributed by atoms with E-state index in [9.17, 15) is 4.79 Å². The number of amides is 1. The lowest BCUT2D eigenvalue weighted by Gasteiger charge is -2.17. The minimum Gasteiger partial charge on any atom is -0.340 e. The van der Waals surface area contributed by atoms with Crippen molar-refractivity contribution in [1.82, 2.24) is 25.0 Å². The van der Waals surface area contributed by atoms with Gasteiger partial charge in [-0.15, -0.1) is 22.6 Å². The summed E-state index contributed by atoms with van der Waals surface area (Å²) < 4.78 is 1.79. The average Bonchev–Trinajstić information content (AvgIpc) is 2.98. The third-order valence-electron chi connectivity index (χ3n) is 2.88. The predicted molar refractivity (Wildman–Crippen MR) is 79.5 cm³/mol. The Morgan fingerprint density at radius 3 is 2.40 bits per heavy atom. The highest BCUT2D eigenvalue weighted by molar-refractivity contribution is 5.94. The number of aromatic nitrogens is 3. The molecule has 0 bridgehead atoms. The Balaban J connectivity index is 0.00000200. The molecule has 1 aromatic carbocycles. The van der Waals surface area contributed by atoms with Crippen LogP contribution in [0, 0.1) is 0 Å². The molecule has 7 heteroatoms. The topological polar surface area (TPSA) is 63.1 Å². The van der Waals surface area contributed by atoms with Crippen LogP contribution in [0.15, 0.2) is 36.9 Å². The lowest BCUT2D eigenvalue weighted by molar-refractivity contribution is 0.0797. The van der Waals surface area contributed by atoms with E-state index in [1.165, 1.54) is 0 Å². The summed E-state index contributed by atoms with van der Waals surface area (Å²) in [6.45, 7) is 1.46. The molecule has 0 fully saturated rings. The van der Waals surface area contributed by atoms with Crippen LogP contribution in [-0.4, -0.2) is 52.8 Å². The number of carbonyl (C=O) groups excluding carboxylic acids is 1. The van der Waals surface area contributed by atoms with Gasteiger partial charge in [-0.3, -0.25) is 9.36 Å². The van der Waals surface area contributed by atoms with Crippen LogP contribution >= 0.6 is 12.4 Å². The molecule has 0 unspecified atom stereocenters. The molecule has 20 heavy (non-hydrogen) atoms. The lowest BCUT2D eigenvalue weighted by atomic mass is 10.2. The first-order chi connectivity index (χ1) is 9.22. The molecule has 1 aromatic heterocycles. The van der Waals surface area contributed by atoms with Crippen LogP contribution in [-0.2, 0) is 0 Å². The first-order valence-corrected chi connectivity index (χ1v) is 6.07. The van der Waals surface area contributed by atoms with E-state index >= 15 is 0 Å². The molecule has 108 valence electrons. The number of rotatable bonds is 5. The zero-order valence-corrected chi connectivity index (χ0v) is 12.3. The highest BCUT2D eigenvalue weighted by atomic mass is 35.5. The van der Waals surface area contributed by atoms with Gasteiger partial charge in [0.25, 0.3) is 5.91 Å². The maximum absolute atomic E-state index is 12.1. The predicted octanol–water partition coefficient (Wildman–Crippen LogP) is 0.980. The first-order valence-electron chi connectivity index (χ1n) is 6.07. The number of hydrogen-bond acceptors (Lipinski definition) is 4. The number of hydrogen-bond donors (Lipinski definition) is 1. The summed E-state index contributed by atoms with van der Waals surface area (Å²) in [6, 6.07) is 7.38. The zero-order valence-electron chi connectivity index (χ0n) is 11.5. The van der Waals surface area contributed by atoms with Crippen molar-refractivity contribution in [2.24, 2.45) is 0 Å². The second-order valence-corrected chi connectivity index (χ2v) is 4.25. The summed E-state index contributed by atoms with van der Waals surface area (Å²) in [5.41, 5.74) is 1.61. The molecular weight excluding hydrogens is 278 g/mol. The van der Waals surface area contributed by atoms with Gasteiger partial charge in [-0.1, -0.05) is 0 Å². The number of likely N-dealkylation sites (N-methyl/N-ethyl adjacent to an activating group) is 2. The van der Waals surface area contributed by atoms with Crippen molar-refractivity contribution in [3.63, 3.8) is 0 Å². The van der Waals surface area contributed by atoms with Crippen molar-refractivity contribution in [3.8, 4) is 5.69 Å². The Morgan fingerprint density at radius 1 is 1.25 bits per heavy atom. The SMILES string of the molecule is CNCCN(C)C(=O)c1ccc(-n2cnnc2)cc1.Cl. The van der Waals surface area contributed by atoms with E-state index in [2.05, 4.69) is 15.5 Å². The Bertz CT molecular complexity index is 526. The van der Waals surface area contributed by atoms with Crippen molar-refractivity contribution in [3.05, 3.63) is 42.5 Å². The average molecular weight is 296 g/mol. The van der Waals surface area contributed by atoms with Gasteiger partial charge in [0.05, 0.1) is 0 Å². The summed E-state index contributed by atoms with van der Waals surface area (Å²) in [6.07, 6.45) is 3.24. The highest BCUT2D eigenvalue weighted by Crippen LogP contribution is 2.10. The Labute approximate surface area is 124 Å². The Kier molecular flexibility index (Phi) is 6.14. The van der Waals surface area contributed by atoms with Gasteiger partial charge >= 0.3 is 0 Å². The smallest absolute Gasteiger partial charge is 0.253 e. The van der Waals surface area contributed by atoms with Gasteiger partial charge < -0.3 is 10.2 Å². The molecule has 0 aliphatic carbocycles. The van der Waals surface area contributed by atoms with Gasteiger partial charge in [0.2, 0.25) is 0 Å². The molecular formula is C13H18ClN5O.